The number of hydrogen-bond donors (Lipinski definition) is 2. The van der Waals surface area contributed by atoms with E-state index < -0.39 is 0 Å². The van der Waals surface area contributed by atoms with Crippen LogP contribution in [0.1, 0.15) is 20.3 Å². The van der Waals surface area contributed by atoms with Crippen molar-refractivity contribution in [2.75, 3.05) is 13.1 Å². The molecule has 0 bridgehead atoms. The van der Waals surface area contributed by atoms with Crippen LogP contribution in [0.4, 0.5) is 0 Å². The van der Waals surface area contributed by atoms with E-state index >= 15 is 0 Å². The Bertz CT molecular complexity index is 357. The third kappa shape index (κ3) is 3.76. The number of hydrogen-bond acceptors (Lipinski definition) is 2. The Hall–Kier alpha value is -1.52. The van der Waals surface area contributed by atoms with E-state index in [-0.39, 0.29) is 0 Å². The van der Waals surface area contributed by atoms with Crippen LogP contribution in [-0.4, -0.2) is 34.9 Å². The average molecular weight is 235 g/mol. The smallest absolute Gasteiger partial charge is 0.191 e. The van der Waals surface area contributed by atoms with Crippen LogP contribution in [0.2, 0.25) is 0 Å². The van der Waals surface area contributed by atoms with Crippen molar-refractivity contribution in [2.45, 2.75) is 32.9 Å². The molecule has 1 aliphatic carbocycles. The van der Waals surface area contributed by atoms with Gasteiger partial charge < -0.3 is 10.6 Å². The summed E-state index contributed by atoms with van der Waals surface area (Å²) >= 11 is 0. The fraction of sp³-hybridized carbons (Fsp3) is 0.667. The molecule has 5 nitrogen and oxygen atoms in total. The molecule has 1 saturated carbocycles. The molecule has 0 saturated heterocycles. The van der Waals surface area contributed by atoms with E-state index in [0.29, 0.717) is 6.04 Å². The quantitative estimate of drug-likeness (QED) is 0.587. The maximum Gasteiger partial charge on any atom is 0.191 e. The molecule has 1 heterocycles. The molecular formula is C12H21N5. The summed E-state index contributed by atoms with van der Waals surface area (Å²) in [5, 5.41) is 10.8. The van der Waals surface area contributed by atoms with Crippen LogP contribution in [0, 0.1) is 5.92 Å². The molecule has 0 radical (unpaired) electrons. The summed E-state index contributed by atoms with van der Waals surface area (Å²) in [7, 11) is 0. The monoisotopic (exact) mass is 235 g/mol. The lowest BCUT2D eigenvalue weighted by molar-refractivity contribution is 0.621. The second-order valence-corrected chi connectivity index (χ2v) is 4.49. The van der Waals surface area contributed by atoms with Crippen molar-refractivity contribution < 1.29 is 0 Å². The summed E-state index contributed by atoms with van der Waals surface area (Å²) in [4.78, 5) is 4.54. The van der Waals surface area contributed by atoms with Gasteiger partial charge in [0.15, 0.2) is 5.96 Å². The van der Waals surface area contributed by atoms with Gasteiger partial charge in [-0.2, -0.15) is 5.10 Å². The highest BCUT2D eigenvalue weighted by Crippen LogP contribution is 2.28. The number of aromatic nitrogens is 2. The van der Waals surface area contributed by atoms with Crippen LogP contribution in [0.5, 0.6) is 0 Å². The molecule has 2 unspecified atom stereocenters. The number of guanidine groups is 1. The molecule has 2 N–H and O–H groups in total. The Morgan fingerprint density at radius 2 is 2.41 bits per heavy atom. The first-order valence-corrected chi connectivity index (χ1v) is 6.32. The minimum Gasteiger partial charge on any atom is -0.357 e. The van der Waals surface area contributed by atoms with E-state index in [4.69, 9.17) is 0 Å². The van der Waals surface area contributed by atoms with Crippen molar-refractivity contribution in [2.24, 2.45) is 10.9 Å². The van der Waals surface area contributed by atoms with Gasteiger partial charge in [-0.3, -0.25) is 9.67 Å². The summed E-state index contributed by atoms with van der Waals surface area (Å²) in [6.07, 6.45) is 5.00. The largest absolute Gasteiger partial charge is 0.357 e. The lowest BCUT2D eigenvalue weighted by Crippen LogP contribution is -2.39. The van der Waals surface area contributed by atoms with Crippen LogP contribution < -0.4 is 10.6 Å². The molecule has 5 heteroatoms. The second kappa shape index (κ2) is 5.70. The van der Waals surface area contributed by atoms with Gasteiger partial charge in [0.05, 0.1) is 13.1 Å². The van der Waals surface area contributed by atoms with E-state index in [1.54, 1.807) is 6.20 Å². The Kier molecular flexibility index (Phi) is 4.01. The highest BCUT2D eigenvalue weighted by Gasteiger charge is 2.33. The van der Waals surface area contributed by atoms with E-state index in [0.717, 1.165) is 31.5 Å². The van der Waals surface area contributed by atoms with Crippen LogP contribution in [-0.2, 0) is 6.54 Å². The predicted octanol–water partition coefficient (Wildman–Crippen LogP) is 0.847. The molecule has 0 spiro atoms. The fourth-order valence-electron chi connectivity index (χ4n) is 1.72. The lowest BCUT2D eigenvalue weighted by atomic mass is 10.5. The molecular weight excluding hydrogens is 214 g/mol. The van der Waals surface area contributed by atoms with Crippen molar-refractivity contribution in [1.82, 2.24) is 20.4 Å². The molecule has 0 aromatic carbocycles. The van der Waals surface area contributed by atoms with E-state index in [2.05, 4.69) is 34.6 Å². The highest BCUT2D eigenvalue weighted by atomic mass is 15.3. The van der Waals surface area contributed by atoms with E-state index in [1.165, 1.54) is 6.42 Å². The van der Waals surface area contributed by atoms with Crippen molar-refractivity contribution in [3.63, 3.8) is 0 Å². The number of nitrogens with zero attached hydrogens (tertiary/aromatic N) is 3. The minimum atomic E-state index is 0.609. The lowest BCUT2D eigenvalue weighted by Gasteiger charge is -2.10. The van der Waals surface area contributed by atoms with Crippen molar-refractivity contribution in [3.8, 4) is 0 Å². The van der Waals surface area contributed by atoms with Gasteiger partial charge in [-0.05, 0) is 25.3 Å². The molecule has 0 aliphatic heterocycles. The van der Waals surface area contributed by atoms with Crippen LogP contribution in [0.15, 0.2) is 23.5 Å². The summed E-state index contributed by atoms with van der Waals surface area (Å²) in [6, 6.07) is 2.54. The molecule has 1 fully saturated rings. The van der Waals surface area contributed by atoms with Crippen LogP contribution in [0.25, 0.3) is 0 Å². The van der Waals surface area contributed by atoms with Gasteiger partial charge in [0.25, 0.3) is 0 Å². The SMILES string of the molecule is CCNC(=NCCn1cccn1)NC1CC1C. The zero-order valence-corrected chi connectivity index (χ0v) is 10.6. The summed E-state index contributed by atoms with van der Waals surface area (Å²) < 4.78 is 1.90. The van der Waals surface area contributed by atoms with Gasteiger partial charge >= 0.3 is 0 Å². The van der Waals surface area contributed by atoms with Crippen molar-refractivity contribution in [3.05, 3.63) is 18.5 Å². The van der Waals surface area contributed by atoms with Gasteiger partial charge in [0, 0.05) is 25.0 Å². The third-order valence-corrected chi connectivity index (χ3v) is 2.93. The first kappa shape index (κ1) is 12.0. The Balaban J connectivity index is 1.78. The van der Waals surface area contributed by atoms with Crippen LogP contribution >= 0.6 is 0 Å². The first-order chi connectivity index (χ1) is 8.29. The van der Waals surface area contributed by atoms with Gasteiger partial charge in [-0.1, -0.05) is 6.92 Å². The highest BCUT2D eigenvalue weighted by molar-refractivity contribution is 5.80. The zero-order chi connectivity index (χ0) is 12.1. The van der Waals surface area contributed by atoms with E-state index in [1.807, 2.05) is 16.9 Å². The van der Waals surface area contributed by atoms with Gasteiger partial charge in [0.2, 0.25) is 0 Å². The molecule has 17 heavy (non-hydrogen) atoms. The maximum atomic E-state index is 4.54. The molecule has 1 aliphatic rings. The molecule has 0 amide bonds. The Morgan fingerprint density at radius 1 is 1.59 bits per heavy atom. The number of nitrogens with one attached hydrogen (secondary N) is 2. The van der Waals surface area contributed by atoms with Gasteiger partial charge in [0.1, 0.15) is 0 Å². The number of rotatable bonds is 5. The normalized spacial score (nSPS) is 23.5. The second-order valence-electron chi connectivity index (χ2n) is 4.49. The third-order valence-electron chi connectivity index (χ3n) is 2.93. The Morgan fingerprint density at radius 3 is 3.00 bits per heavy atom. The van der Waals surface area contributed by atoms with Crippen molar-refractivity contribution >= 4 is 5.96 Å². The number of aliphatic imine (C=N–C) groups is 1. The van der Waals surface area contributed by atoms with Crippen molar-refractivity contribution in [1.29, 1.82) is 0 Å². The summed E-state index contributed by atoms with van der Waals surface area (Å²) in [6.45, 7) is 6.81. The zero-order valence-electron chi connectivity index (χ0n) is 10.6. The topological polar surface area (TPSA) is 54.2 Å². The van der Waals surface area contributed by atoms with E-state index in [9.17, 15) is 0 Å². The predicted molar refractivity (Wildman–Crippen MR) is 68.9 cm³/mol. The average Bonchev–Trinajstić information content (AvgIpc) is 2.81. The standard InChI is InChI=1S/C12H21N5/c1-3-13-12(16-11-9-10(11)2)14-6-8-17-7-4-5-15-17/h4-5,7,10-11H,3,6,8-9H2,1-2H3,(H2,13,14,16). The fourth-order valence-corrected chi connectivity index (χ4v) is 1.72. The molecule has 2 atom stereocenters. The Labute approximate surface area is 102 Å². The minimum absolute atomic E-state index is 0.609. The summed E-state index contributed by atoms with van der Waals surface area (Å²) in [5.74, 6) is 1.71. The van der Waals surface area contributed by atoms with Gasteiger partial charge in [-0.15, -0.1) is 0 Å². The molecule has 94 valence electrons. The molecule has 2 rings (SSSR count). The summed E-state index contributed by atoms with van der Waals surface area (Å²) in [5.41, 5.74) is 0. The first-order valence-electron chi connectivity index (χ1n) is 6.32. The maximum absolute atomic E-state index is 4.54. The molecule has 1 aromatic rings. The van der Waals surface area contributed by atoms with Crippen LogP contribution in [0.3, 0.4) is 0 Å². The van der Waals surface area contributed by atoms with Gasteiger partial charge in [-0.25, -0.2) is 0 Å². The molecule has 1 aromatic heterocycles.